The number of thiazole rings is 1. The van der Waals surface area contributed by atoms with Crippen LogP contribution in [0, 0.1) is 0 Å². The third kappa shape index (κ3) is 5.26. The molecule has 2 aromatic carbocycles. The van der Waals surface area contributed by atoms with E-state index in [0.29, 0.717) is 6.04 Å². The second-order valence-electron chi connectivity index (χ2n) is 11.6. The molecule has 3 aromatic rings. The van der Waals surface area contributed by atoms with Gasteiger partial charge in [-0.3, -0.25) is 9.69 Å². The summed E-state index contributed by atoms with van der Waals surface area (Å²) in [6, 6.07) is 15.2. The summed E-state index contributed by atoms with van der Waals surface area (Å²) in [5, 5.41) is 3.09. The molecular formula is C29H37N3OS. The van der Waals surface area contributed by atoms with Gasteiger partial charge in [0.2, 0.25) is 0 Å². The molecule has 0 aliphatic carbocycles. The van der Waals surface area contributed by atoms with Crippen LogP contribution in [0.1, 0.15) is 68.6 Å². The van der Waals surface area contributed by atoms with Crippen molar-refractivity contribution in [3.8, 4) is 10.6 Å². The summed E-state index contributed by atoms with van der Waals surface area (Å²) in [5.74, 6) is 0.138. The largest absolute Gasteiger partial charge is 0.335 e. The van der Waals surface area contributed by atoms with Gasteiger partial charge in [-0.2, -0.15) is 0 Å². The summed E-state index contributed by atoms with van der Waals surface area (Å²) in [5.41, 5.74) is 5.96. The third-order valence-corrected chi connectivity index (χ3v) is 7.59. The van der Waals surface area contributed by atoms with Gasteiger partial charge in [0.25, 0.3) is 5.91 Å². The van der Waals surface area contributed by atoms with Crippen molar-refractivity contribution in [2.24, 2.45) is 0 Å². The number of carbonyl (C=O) groups is 1. The van der Waals surface area contributed by atoms with Crippen molar-refractivity contribution in [2.45, 2.75) is 65.0 Å². The predicted molar refractivity (Wildman–Crippen MR) is 143 cm³/mol. The molecule has 34 heavy (non-hydrogen) atoms. The monoisotopic (exact) mass is 475 g/mol. The Bertz CT molecular complexity index is 1150. The van der Waals surface area contributed by atoms with Crippen molar-refractivity contribution in [2.75, 3.05) is 20.1 Å². The van der Waals surface area contributed by atoms with Crippen LogP contribution in [0.5, 0.6) is 0 Å². The fourth-order valence-electron chi connectivity index (χ4n) is 4.51. The van der Waals surface area contributed by atoms with Crippen LogP contribution >= 0.6 is 11.3 Å². The van der Waals surface area contributed by atoms with Gasteiger partial charge in [-0.05, 0) is 52.8 Å². The molecule has 4 rings (SSSR count). The van der Waals surface area contributed by atoms with Crippen LogP contribution < -0.4 is 0 Å². The van der Waals surface area contributed by atoms with Crippen LogP contribution in [-0.4, -0.2) is 46.9 Å². The van der Waals surface area contributed by atoms with Crippen LogP contribution in [0.4, 0.5) is 0 Å². The zero-order valence-corrected chi connectivity index (χ0v) is 22.4. The molecule has 2 heterocycles. The van der Waals surface area contributed by atoms with Crippen LogP contribution in [0.25, 0.3) is 10.6 Å². The normalized spacial score (nSPS) is 15.0. The van der Waals surface area contributed by atoms with Gasteiger partial charge < -0.3 is 4.90 Å². The van der Waals surface area contributed by atoms with E-state index in [1.165, 1.54) is 22.3 Å². The summed E-state index contributed by atoms with van der Waals surface area (Å²) in [4.78, 5) is 21.9. The van der Waals surface area contributed by atoms with Gasteiger partial charge in [-0.1, -0.05) is 65.8 Å². The summed E-state index contributed by atoms with van der Waals surface area (Å²) >= 11 is 1.68. The predicted octanol–water partition coefficient (Wildman–Crippen LogP) is 6.36. The number of carbonyl (C=O) groups excluding carboxylic acids is 1. The Labute approximate surface area is 208 Å². The molecule has 5 heteroatoms. The van der Waals surface area contributed by atoms with Gasteiger partial charge in [0, 0.05) is 48.4 Å². The van der Waals surface area contributed by atoms with Gasteiger partial charge in [0.15, 0.2) is 0 Å². The molecule has 1 amide bonds. The minimum Gasteiger partial charge on any atom is -0.335 e. The quantitative estimate of drug-likeness (QED) is 0.431. The molecule has 0 atom stereocenters. The maximum Gasteiger partial charge on any atom is 0.253 e. The minimum atomic E-state index is 0.0356. The number of hydrogen-bond acceptors (Lipinski definition) is 4. The molecule has 1 aromatic heterocycles. The number of likely N-dealkylation sites (tertiary alicyclic amines) is 1. The smallest absolute Gasteiger partial charge is 0.253 e. The summed E-state index contributed by atoms with van der Waals surface area (Å²) in [7, 11) is 2.17. The lowest BCUT2D eigenvalue weighted by atomic mass is 9.82. The number of likely N-dealkylation sites (N-methyl/N-ethyl adjacent to an activating group) is 1. The lowest BCUT2D eigenvalue weighted by molar-refractivity contribution is 0.0320. The van der Waals surface area contributed by atoms with E-state index in [9.17, 15) is 4.79 Å². The molecule has 0 bridgehead atoms. The van der Waals surface area contributed by atoms with Gasteiger partial charge >= 0.3 is 0 Å². The zero-order chi connectivity index (χ0) is 24.7. The zero-order valence-electron chi connectivity index (χ0n) is 21.6. The highest BCUT2D eigenvalue weighted by Gasteiger charge is 2.34. The topological polar surface area (TPSA) is 36.4 Å². The van der Waals surface area contributed by atoms with Crippen LogP contribution in [0.3, 0.4) is 0 Å². The Morgan fingerprint density at radius 2 is 1.79 bits per heavy atom. The maximum atomic E-state index is 13.1. The van der Waals surface area contributed by atoms with E-state index in [1.807, 2.05) is 28.6 Å². The Kier molecular flexibility index (Phi) is 6.71. The number of hydrogen-bond donors (Lipinski definition) is 0. The Balaban J connectivity index is 1.43. The molecule has 0 spiro atoms. The van der Waals surface area contributed by atoms with Crippen LogP contribution in [0.2, 0.25) is 0 Å². The molecule has 4 nitrogen and oxygen atoms in total. The molecule has 180 valence electrons. The Hall–Kier alpha value is -2.50. The molecule has 1 aliphatic rings. The van der Waals surface area contributed by atoms with Crippen molar-refractivity contribution < 1.29 is 4.79 Å². The number of benzene rings is 2. The van der Waals surface area contributed by atoms with E-state index in [-0.39, 0.29) is 16.7 Å². The van der Waals surface area contributed by atoms with E-state index < -0.39 is 0 Å². The molecule has 0 N–H and O–H groups in total. The van der Waals surface area contributed by atoms with Crippen LogP contribution in [-0.2, 0) is 17.4 Å². The van der Waals surface area contributed by atoms with E-state index >= 15 is 0 Å². The van der Waals surface area contributed by atoms with Crippen molar-refractivity contribution in [1.29, 1.82) is 0 Å². The standard InChI is InChI=1S/C29H37N3OS/c1-28(2,3)23-10-8-9-21(15-23)27(33)32-18-24(19-32)31(7)17-22-12-11-20(26-30-13-14-34-26)16-25(22)29(4,5)6/h8-16,24H,17-19H2,1-7H3. The lowest BCUT2D eigenvalue weighted by Gasteiger charge is -2.44. The summed E-state index contributed by atoms with van der Waals surface area (Å²) in [6.45, 7) is 15.8. The Morgan fingerprint density at radius 3 is 2.41 bits per heavy atom. The number of rotatable bonds is 5. The van der Waals surface area contributed by atoms with Gasteiger partial charge in [-0.15, -0.1) is 11.3 Å². The highest BCUT2D eigenvalue weighted by molar-refractivity contribution is 7.13. The highest BCUT2D eigenvalue weighted by atomic mass is 32.1. The second-order valence-corrected chi connectivity index (χ2v) is 12.5. The van der Waals surface area contributed by atoms with Crippen molar-refractivity contribution in [1.82, 2.24) is 14.8 Å². The summed E-state index contributed by atoms with van der Waals surface area (Å²) < 4.78 is 0. The Morgan fingerprint density at radius 1 is 1.06 bits per heavy atom. The van der Waals surface area contributed by atoms with E-state index in [1.54, 1.807) is 11.3 Å². The van der Waals surface area contributed by atoms with Gasteiger partial charge in [0.1, 0.15) is 5.01 Å². The van der Waals surface area contributed by atoms with E-state index in [0.717, 1.165) is 30.2 Å². The molecule has 0 unspecified atom stereocenters. The second kappa shape index (κ2) is 9.27. The molecule has 1 aliphatic heterocycles. The molecular weight excluding hydrogens is 438 g/mol. The maximum absolute atomic E-state index is 13.1. The fourth-order valence-corrected chi connectivity index (χ4v) is 5.15. The van der Waals surface area contributed by atoms with E-state index in [4.69, 9.17) is 0 Å². The SMILES string of the molecule is CN(Cc1ccc(-c2nccs2)cc1C(C)(C)C)C1CN(C(=O)c2cccc(C(C)(C)C)c2)C1. The lowest BCUT2D eigenvalue weighted by Crippen LogP contribution is -2.59. The summed E-state index contributed by atoms with van der Waals surface area (Å²) in [6.07, 6.45) is 1.86. The van der Waals surface area contributed by atoms with Gasteiger partial charge in [0.05, 0.1) is 0 Å². The van der Waals surface area contributed by atoms with Crippen molar-refractivity contribution >= 4 is 17.2 Å². The first-order valence-electron chi connectivity index (χ1n) is 12.1. The molecule has 0 saturated carbocycles. The first kappa shape index (κ1) is 24.6. The van der Waals surface area contributed by atoms with Crippen LogP contribution in [0.15, 0.2) is 54.0 Å². The van der Waals surface area contributed by atoms with Crippen molar-refractivity contribution in [3.63, 3.8) is 0 Å². The first-order valence-corrected chi connectivity index (χ1v) is 12.9. The molecule has 0 radical (unpaired) electrons. The van der Waals surface area contributed by atoms with E-state index in [2.05, 4.69) is 88.8 Å². The number of amides is 1. The minimum absolute atomic E-state index is 0.0356. The average molecular weight is 476 g/mol. The van der Waals surface area contributed by atoms with Gasteiger partial charge in [-0.25, -0.2) is 4.98 Å². The fraction of sp³-hybridized carbons (Fsp3) is 0.448. The third-order valence-electron chi connectivity index (χ3n) is 6.77. The average Bonchev–Trinajstić information content (AvgIpc) is 3.26. The number of aromatic nitrogens is 1. The number of nitrogens with zero attached hydrogens (tertiary/aromatic N) is 3. The molecule has 1 saturated heterocycles. The molecule has 1 fully saturated rings. The van der Waals surface area contributed by atoms with Crippen molar-refractivity contribution in [3.05, 3.63) is 76.3 Å². The highest BCUT2D eigenvalue weighted by Crippen LogP contribution is 2.33. The first-order chi connectivity index (χ1) is 15.9.